The molecular weight excluding hydrogens is 538 g/mol. The molecule has 4 amide bonds. The zero-order valence-corrected chi connectivity index (χ0v) is 22.4. The fraction of sp³-hybridized carbons (Fsp3) is 0.462. The van der Waals surface area contributed by atoms with Gasteiger partial charge in [-0.3, -0.25) is 24.0 Å². The predicted molar refractivity (Wildman–Crippen MR) is 147 cm³/mol. The molecule has 0 aliphatic rings. The molecule has 1 aromatic heterocycles. The van der Waals surface area contributed by atoms with Crippen molar-refractivity contribution in [2.45, 2.75) is 69.1 Å². The van der Waals surface area contributed by atoms with Gasteiger partial charge < -0.3 is 48.3 Å². The summed E-state index contributed by atoms with van der Waals surface area (Å²) in [6.45, 7) is 0.320. The van der Waals surface area contributed by atoms with E-state index in [1.165, 1.54) is 0 Å². The van der Waals surface area contributed by atoms with E-state index < -0.39 is 72.6 Å². The Labute approximate surface area is 235 Å². The maximum Gasteiger partial charge on any atom is 0.326 e. The number of rotatable bonds is 18. The third-order valence-corrected chi connectivity index (χ3v) is 6.33. The van der Waals surface area contributed by atoms with Crippen LogP contribution in [-0.4, -0.2) is 81.5 Å². The summed E-state index contributed by atoms with van der Waals surface area (Å²) in [5.41, 5.74) is 17.7. The number of amides is 4. The Morgan fingerprint density at radius 1 is 0.854 bits per heavy atom. The third kappa shape index (κ3) is 10.5. The van der Waals surface area contributed by atoms with Gasteiger partial charge in [0.25, 0.3) is 0 Å². The number of H-pyrrole nitrogens is 1. The van der Waals surface area contributed by atoms with E-state index in [9.17, 15) is 33.9 Å². The van der Waals surface area contributed by atoms with Crippen molar-refractivity contribution in [1.29, 1.82) is 0 Å². The number of hydrogen-bond donors (Lipinski definition) is 9. The van der Waals surface area contributed by atoms with Crippen LogP contribution in [-0.2, 0) is 35.2 Å². The molecule has 15 heteroatoms. The molecule has 12 N–H and O–H groups in total. The highest BCUT2D eigenvalue weighted by Crippen LogP contribution is 2.19. The molecule has 0 aliphatic carbocycles. The van der Waals surface area contributed by atoms with Crippen LogP contribution in [0.1, 0.15) is 44.1 Å². The lowest BCUT2D eigenvalue weighted by molar-refractivity contribution is -0.143. The van der Waals surface area contributed by atoms with Gasteiger partial charge in [0, 0.05) is 29.9 Å². The Hall–Kier alpha value is -4.50. The summed E-state index contributed by atoms with van der Waals surface area (Å²) in [4.78, 5) is 76.2. The minimum Gasteiger partial charge on any atom is -0.481 e. The number of unbranched alkanes of at least 4 members (excludes halogenated alkanes) is 1. The van der Waals surface area contributed by atoms with Gasteiger partial charge in [-0.25, -0.2) is 4.79 Å². The molecule has 41 heavy (non-hydrogen) atoms. The molecule has 0 aliphatic heterocycles. The normalized spacial score (nSPS) is 13.9. The first kappa shape index (κ1) is 32.7. The molecule has 2 aromatic rings. The molecule has 0 saturated carbocycles. The van der Waals surface area contributed by atoms with Crippen molar-refractivity contribution < 1.29 is 39.0 Å². The van der Waals surface area contributed by atoms with Crippen molar-refractivity contribution in [2.24, 2.45) is 17.2 Å². The fourth-order valence-corrected chi connectivity index (χ4v) is 4.15. The second-order valence-electron chi connectivity index (χ2n) is 9.58. The summed E-state index contributed by atoms with van der Waals surface area (Å²) in [5, 5.41) is 27.0. The second-order valence-corrected chi connectivity index (χ2v) is 9.58. The fourth-order valence-electron chi connectivity index (χ4n) is 4.15. The van der Waals surface area contributed by atoms with Gasteiger partial charge in [0.1, 0.15) is 18.1 Å². The summed E-state index contributed by atoms with van der Waals surface area (Å²) < 4.78 is 0. The number of nitrogens with two attached hydrogens (primary N) is 3. The largest absolute Gasteiger partial charge is 0.481 e. The van der Waals surface area contributed by atoms with E-state index >= 15 is 0 Å². The van der Waals surface area contributed by atoms with Gasteiger partial charge in [0.05, 0.1) is 12.5 Å². The average Bonchev–Trinajstić information content (AvgIpc) is 3.32. The van der Waals surface area contributed by atoms with Crippen molar-refractivity contribution >= 4 is 46.5 Å². The number of nitrogens with one attached hydrogen (secondary N) is 4. The molecule has 1 heterocycles. The summed E-state index contributed by atoms with van der Waals surface area (Å²) >= 11 is 0. The quantitative estimate of drug-likeness (QED) is 0.0922. The molecule has 4 atom stereocenters. The van der Waals surface area contributed by atoms with Crippen molar-refractivity contribution in [2.75, 3.05) is 6.54 Å². The van der Waals surface area contributed by atoms with Gasteiger partial charge in [0.2, 0.25) is 23.6 Å². The van der Waals surface area contributed by atoms with E-state index in [1.54, 1.807) is 18.3 Å². The number of carboxylic acid groups (broad SMARTS) is 2. The smallest absolute Gasteiger partial charge is 0.326 e. The Kier molecular flexibility index (Phi) is 12.7. The first-order valence-electron chi connectivity index (χ1n) is 13.1. The Morgan fingerprint density at radius 2 is 1.46 bits per heavy atom. The van der Waals surface area contributed by atoms with Crippen molar-refractivity contribution in [3.63, 3.8) is 0 Å². The highest BCUT2D eigenvalue weighted by Gasteiger charge is 2.31. The minimum absolute atomic E-state index is 0.0831. The van der Waals surface area contributed by atoms with Crippen LogP contribution in [0.2, 0.25) is 0 Å². The van der Waals surface area contributed by atoms with Gasteiger partial charge in [0.15, 0.2) is 0 Å². The van der Waals surface area contributed by atoms with Crippen LogP contribution >= 0.6 is 0 Å². The molecule has 0 bridgehead atoms. The molecule has 4 unspecified atom stereocenters. The Morgan fingerprint density at radius 3 is 2.07 bits per heavy atom. The average molecular weight is 576 g/mol. The van der Waals surface area contributed by atoms with E-state index in [1.807, 2.05) is 12.1 Å². The lowest BCUT2D eigenvalue weighted by Crippen LogP contribution is -2.57. The lowest BCUT2D eigenvalue weighted by atomic mass is 10.0. The van der Waals surface area contributed by atoms with Gasteiger partial charge in [-0.05, 0) is 43.9 Å². The number of aromatic nitrogens is 1. The number of carbonyl (C=O) groups excluding carboxylic acids is 4. The topological polar surface area (TPSA) is 273 Å². The molecule has 1 aromatic carbocycles. The maximum atomic E-state index is 13.2. The van der Waals surface area contributed by atoms with Crippen molar-refractivity contribution in [3.05, 3.63) is 36.0 Å². The summed E-state index contributed by atoms with van der Waals surface area (Å²) in [6.07, 6.45) is 1.27. The molecule has 2 rings (SSSR count). The maximum absolute atomic E-state index is 13.2. The molecule has 0 spiro atoms. The van der Waals surface area contributed by atoms with Crippen molar-refractivity contribution in [3.8, 4) is 0 Å². The lowest BCUT2D eigenvalue weighted by Gasteiger charge is -2.25. The zero-order valence-electron chi connectivity index (χ0n) is 22.4. The Bertz CT molecular complexity index is 1250. The van der Waals surface area contributed by atoms with Crippen LogP contribution in [0.5, 0.6) is 0 Å². The number of hydrogen-bond acceptors (Lipinski definition) is 8. The number of carboxylic acids is 2. The standard InChI is InChI=1S/C26H37N7O8/c27-10-4-3-7-18(31-23(37)16(28)12-21(29)34)24(38)32-19(8-9-22(35)36)25(39)33-20(26(40)41)11-14-13-30-17-6-2-1-5-15(14)17/h1-2,5-6,13,16,18-20,30H,3-4,7-12,27-28H2,(H2,29,34)(H,31,37)(H,32,38)(H,33,39)(H,35,36)(H,40,41). The first-order chi connectivity index (χ1) is 19.4. The third-order valence-electron chi connectivity index (χ3n) is 6.33. The Balaban J connectivity index is 2.20. The molecule has 0 saturated heterocycles. The van der Waals surface area contributed by atoms with Gasteiger partial charge >= 0.3 is 11.9 Å². The van der Waals surface area contributed by atoms with Gasteiger partial charge in [-0.15, -0.1) is 0 Å². The van der Waals surface area contributed by atoms with Crippen LogP contribution < -0.4 is 33.2 Å². The minimum atomic E-state index is -1.43. The van der Waals surface area contributed by atoms with E-state index in [-0.39, 0.29) is 19.3 Å². The van der Waals surface area contributed by atoms with Gasteiger partial charge in [-0.1, -0.05) is 18.2 Å². The summed E-state index contributed by atoms with van der Waals surface area (Å²) in [5.74, 6) is -5.95. The molecule has 224 valence electrons. The van der Waals surface area contributed by atoms with Crippen LogP contribution in [0.25, 0.3) is 10.9 Å². The molecule has 15 nitrogen and oxygen atoms in total. The number of para-hydroxylation sites is 1. The number of aromatic amines is 1. The number of primary amides is 1. The summed E-state index contributed by atoms with van der Waals surface area (Å²) in [7, 11) is 0. The zero-order chi connectivity index (χ0) is 30.5. The van der Waals surface area contributed by atoms with E-state index in [4.69, 9.17) is 22.3 Å². The van der Waals surface area contributed by atoms with Crippen LogP contribution in [0, 0.1) is 0 Å². The van der Waals surface area contributed by atoms with Gasteiger partial charge in [-0.2, -0.15) is 0 Å². The van der Waals surface area contributed by atoms with Crippen molar-refractivity contribution in [1.82, 2.24) is 20.9 Å². The molecule has 0 radical (unpaired) electrons. The SMILES string of the molecule is NCCCCC(NC(=O)C(N)CC(N)=O)C(=O)NC(CCC(=O)O)C(=O)NC(Cc1c[nH]c2ccccc12)C(=O)O. The number of benzene rings is 1. The highest BCUT2D eigenvalue weighted by molar-refractivity contribution is 5.95. The number of fused-ring (bicyclic) bond motifs is 1. The monoisotopic (exact) mass is 575 g/mol. The second kappa shape index (κ2) is 15.9. The summed E-state index contributed by atoms with van der Waals surface area (Å²) in [6, 6.07) is 1.87. The highest BCUT2D eigenvalue weighted by atomic mass is 16.4. The van der Waals surface area contributed by atoms with E-state index in [0.29, 0.717) is 24.9 Å². The van der Waals surface area contributed by atoms with Crippen LogP contribution in [0.4, 0.5) is 0 Å². The van der Waals surface area contributed by atoms with E-state index in [2.05, 4.69) is 20.9 Å². The molecular formula is C26H37N7O8. The van der Waals surface area contributed by atoms with E-state index in [0.717, 1.165) is 10.9 Å². The van der Waals surface area contributed by atoms with Crippen LogP contribution in [0.15, 0.2) is 30.5 Å². The molecule has 0 fully saturated rings. The first-order valence-corrected chi connectivity index (χ1v) is 13.1. The predicted octanol–water partition coefficient (Wildman–Crippen LogP) is -1.55. The number of carbonyl (C=O) groups is 6. The number of aliphatic carboxylic acids is 2. The van der Waals surface area contributed by atoms with Crippen LogP contribution in [0.3, 0.4) is 0 Å².